The van der Waals surface area contributed by atoms with Gasteiger partial charge >= 0.3 is 0 Å². The molecular formula is C32H36N6O3. The van der Waals surface area contributed by atoms with Crippen LogP contribution in [0.4, 0.5) is 5.82 Å². The molecule has 0 saturated carbocycles. The molecule has 0 bridgehead atoms. The minimum Gasteiger partial charge on any atom is -0.389 e. The van der Waals surface area contributed by atoms with Crippen LogP contribution in [0, 0.1) is 0 Å². The predicted molar refractivity (Wildman–Crippen MR) is 158 cm³/mol. The molecule has 0 spiro atoms. The number of pyridine rings is 4. The number of fused-ring (bicyclic) bond motifs is 2. The molecule has 0 unspecified atom stereocenters. The first kappa shape index (κ1) is 27.2. The summed E-state index contributed by atoms with van der Waals surface area (Å²) in [6.07, 6.45) is 5.29. The van der Waals surface area contributed by atoms with Crippen LogP contribution in [-0.2, 0) is 24.1 Å². The molecule has 41 heavy (non-hydrogen) atoms. The summed E-state index contributed by atoms with van der Waals surface area (Å²) in [5, 5.41) is 14.2. The first-order valence-corrected chi connectivity index (χ1v) is 14.5. The monoisotopic (exact) mass is 552 g/mol. The molecule has 1 fully saturated rings. The highest BCUT2D eigenvalue weighted by Crippen LogP contribution is 2.28. The van der Waals surface area contributed by atoms with E-state index in [1.165, 1.54) is 0 Å². The second-order valence-electron chi connectivity index (χ2n) is 11.2. The van der Waals surface area contributed by atoms with E-state index in [9.17, 15) is 9.90 Å². The SMILES string of the molecule is C[C@@H]1CN(c2cccc(-c3ccc4cnc(CNC(=O)c5cc([C@@H](C)O)c6c(n5)CCCC6)cc4n3)n2)C[C@H](C)O1. The fourth-order valence-corrected chi connectivity index (χ4v) is 5.89. The Hall–Kier alpha value is -3.95. The molecule has 0 radical (unpaired) electrons. The molecule has 9 heteroatoms. The van der Waals surface area contributed by atoms with E-state index in [4.69, 9.17) is 14.7 Å². The van der Waals surface area contributed by atoms with Gasteiger partial charge in [0.1, 0.15) is 11.5 Å². The van der Waals surface area contributed by atoms with Crippen molar-refractivity contribution in [1.82, 2.24) is 25.3 Å². The fraction of sp³-hybridized carbons (Fsp3) is 0.406. The third kappa shape index (κ3) is 5.92. The van der Waals surface area contributed by atoms with Crippen LogP contribution in [-0.4, -0.2) is 56.2 Å². The van der Waals surface area contributed by atoms with Crippen LogP contribution in [0.2, 0.25) is 0 Å². The Kier molecular flexibility index (Phi) is 7.64. The highest BCUT2D eigenvalue weighted by Gasteiger charge is 2.24. The summed E-state index contributed by atoms with van der Waals surface area (Å²) in [4.78, 5) is 34.3. The number of morpholine rings is 1. The number of aliphatic hydroxyl groups excluding tert-OH is 1. The van der Waals surface area contributed by atoms with Crippen molar-refractivity contribution in [2.45, 2.75) is 71.3 Å². The van der Waals surface area contributed by atoms with Gasteiger partial charge in [0.2, 0.25) is 0 Å². The Balaban J connectivity index is 1.20. The van der Waals surface area contributed by atoms with Crippen molar-refractivity contribution in [3.8, 4) is 11.4 Å². The van der Waals surface area contributed by atoms with Crippen LogP contribution in [0.1, 0.15) is 72.7 Å². The van der Waals surface area contributed by atoms with Gasteiger partial charge in [0.15, 0.2) is 0 Å². The van der Waals surface area contributed by atoms with Crippen molar-refractivity contribution in [3.63, 3.8) is 0 Å². The van der Waals surface area contributed by atoms with Gasteiger partial charge < -0.3 is 20.1 Å². The molecule has 5 heterocycles. The highest BCUT2D eigenvalue weighted by atomic mass is 16.5. The van der Waals surface area contributed by atoms with Gasteiger partial charge in [-0.1, -0.05) is 6.07 Å². The Morgan fingerprint density at radius 2 is 1.83 bits per heavy atom. The van der Waals surface area contributed by atoms with Crippen LogP contribution in [0.3, 0.4) is 0 Å². The van der Waals surface area contributed by atoms with E-state index < -0.39 is 6.10 Å². The average molecular weight is 553 g/mol. The number of hydrogen-bond donors (Lipinski definition) is 2. The van der Waals surface area contributed by atoms with E-state index in [0.29, 0.717) is 11.4 Å². The van der Waals surface area contributed by atoms with Gasteiger partial charge in [-0.15, -0.1) is 0 Å². The van der Waals surface area contributed by atoms with E-state index in [0.717, 1.165) is 83.7 Å². The molecule has 212 valence electrons. The van der Waals surface area contributed by atoms with Crippen molar-refractivity contribution in [2.24, 2.45) is 0 Å². The highest BCUT2D eigenvalue weighted by molar-refractivity contribution is 5.92. The summed E-state index contributed by atoms with van der Waals surface area (Å²) in [6, 6.07) is 13.6. The zero-order valence-corrected chi connectivity index (χ0v) is 23.8. The van der Waals surface area contributed by atoms with E-state index in [-0.39, 0.29) is 24.7 Å². The Labute approximate surface area is 240 Å². The number of aryl methyl sites for hydroxylation is 1. The van der Waals surface area contributed by atoms with Crippen molar-refractivity contribution in [1.29, 1.82) is 0 Å². The lowest BCUT2D eigenvalue weighted by atomic mass is 9.90. The first-order valence-electron chi connectivity index (χ1n) is 14.5. The molecule has 0 aromatic carbocycles. The van der Waals surface area contributed by atoms with Crippen LogP contribution < -0.4 is 10.2 Å². The third-order valence-electron chi connectivity index (χ3n) is 7.82. The van der Waals surface area contributed by atoms with Crippen molar-refractivity contribution >= 4 is 22.6 Å². The van der Waals surface area contributed by atoms with E-state index in [1.807, 2.05) is 36.4 Å². The Morgan fingerprint density at radius 1 is 1.05 bits per heavy atom. The summed E-state index contributed by atoms with van der Waals surface area (Å²) in [5.41, 5.74) is 6.21. The van der Waals surface area contributed by atoms with Gasteiger partial charge in [0.05, 0.1) is 47.5 Å². The summed E-state index contributed by atoms with van der Waals surface area (Å²) in [6.45, 7) is 7.75. The van der Waals surface area contributed by atoms with Crippen LogP contribution in [0.15, 0.2) is 48.7 Å². The maximum absolute atomic E-state index is 13.1. The van der Waals surface area contributed by atoms with Gasteiger partial charge in [0, 0.05) is 30.4 Å². The summed E-state index contributed by atoms with van der Waals surface area (Å²) >= 11 is 0. The first-order chi connectivity index (χ1) is 19.8. The summed E-state index contributed by atoms with van der Waals surface area (Å²) < 4.78 is 5.88. The Bertz CT molecular complexity index is 1580. The quantitative estimate of drug-likeness (QED) is 0.358. The number of nitrogens with one attached hydrogen (secondary N) is 1. The van der Waals surface area contributed by atoms with Crippen LogP contribution >= 0.6 is 0 Å². The summed E-state index contributed by atoms with van der Waals surface area (Å²) in [5.74, 6) is 0.635. The molecule has 4 aromatic heterocycles. The van der Waals surface area contributed by atoms with Gasteiger partial charge in [0.25, 0.3) is 5.91 Å². The van der Waals surface area contributed by atoms with Crippen molar-refractivity contribution in [3.05, 3.63) is 76.9 Å². The third-order valence-corrected chi connectivity index (χ3v) is 7.82. The molecule has 9 nitrogen and oxygen atoms in total. The number of aliphatic hydroxyl groups is 1. The number of anilines is 1. The second kappa shape index (κ2) is 11.5. The zero-order valence-electron chi connectivity index (χ0n) is 23.8. The lowest BCUT2D eigenvalue weighted by Crippen LogP contribution is -2.45. The van der Waals surface area contributed by atoms with Gasteiger partial charge in [-0.25, -0.2) is 15.0 Å². The van der Waals surface area contributed by atoms with E-state index in [2.05, 4.69) is 34.0 Å². The van der Waals surface area contributed by atoms with E-state index in [1.54, 1.807) is 19.2 Å². The number of rotatable bonds is 6. The van der Waals surface area contributed by atoms with Gasteiger partial charge in [-0.05, 0) is 94.0 Å². The lowest BCUT2D eigenvalue weighted by Gasteiger charge is -2.36. The van der Waals surface area contributed by atoms with Crippen LogP contribution in [0.5, 0.6) is 0 Å². The van der Waals surface area contributed by atoms with E-state index >= 15 is 0 Å². The van der Waals surface area contributed by atoms with Crippen molar-refractivity contribution < 1.29 is 14.6 Å². The molecule has 1 saturated heterocycles. The topological polar surface area (TPSA) is 113 Å². The second-order valence-corrected chi connectivity index (χ2v) is 11.2. The molecule has 6 rings (SSSR count). The molecule has 1 aliphatic carbocycles. The van der Waals surface area contributed by atoms with Crippen molar-refractivity contribution in [2.75, 3.05) is 18.0 Å². The minimum absolute atomic E-state index is 0.151. The number of carbonyl (C=O) groups is 1. The molecular weight excluding hydrogens is 516 g/mol. The molecule has 2 aliphatic rings. The molecule has 2 N–H and O–H groups in total. The Morgan fingerprint density at radius 3 is 2.63 bits per heavy atom. The number of carbonyl (C=O) groups excluding carboxylic acids is 1. The molecule has 1 amide bonds. The lowest BCUT2D eigenvalue weighted by molar-refractivity contribution is -0.00545. The normalized spacial score (nSPS) is 19.6. The van der Waals surface area contributed by atoms with Gasteiger partial charge in [-0.2, -0.15) is 0 Å². The number of aromatic nitrogens is 4. The molecule has 3 atom stereocenters. The van der Waals surface area contributed by atoms with Crippen LogP contribution in [0.25, 0.3) is 22.3 Å². The number of amides is 1. The number of hydrogen-bond acceptors (Lipinski definition) is 8. The van der Waals surface area contributed by atoms with Gasteiger partial charge in [-0.3, -0.25) is 9.78 Å². The molecule has 4 aromatic rings. The molecule has 1 aliphatic heterocycles. The predicted octanol–water partition coefficient (Wildman–Crippen LogP) is 4.56. The average Bonchev–Trinajstić information content (AvgIpc) is 2.98. The minimum atomic E-state index is -0.644. The largest absolute Gasteiger partial charge is 0.389 e. The maximum atomic E-state index is 13.1. The number of nitrogens with zero attached hydrogens (tertiary/aromatic N) is 5. The zero-order chi connectivity index (χ0) is 28.5. The number of ether oxygens (including phenoxy) is 1. The summed E-state index contributed by atoms with van der Waals surface area (Å²) in [7, 11) is 0. The standard InChI is InChI=1S/C32H36N6O3/c1-19-17-38(18-20(2)41-19)31-10-6-9-27(37-31)28-12-11-22-15-33-23(13-29(22)36-28)16-34-32(40)30-14-25(21(3)39)24-7-4-5-8-26(24)35-30/h6,9-15,19-21,39H,4-5,7-8,16-18H2,1-3H3,(H,34,40)/t19-,20+,21-/m1/s1. The smallest absolute Gasteiger partial charge is 0.270 e. The maximum Gasteiger partial charge on any atom is 0.270 e. The fourth-order valence-electron chi connectivity index (χ4n) is 5.89.